The highest BCUT2D eigenvalue weighted by atomic mass is 35.5. The fourth-order valence-electron chi connectivity index (χ4n) is 8.58. The summed E-state index contributed by atoms with van der Waals surface area (Å²) in [5.41, 5.74) is 6.31. The lowest BCUT2D eigenvalue weighted by atomic mass is 9.91. The van der Waals surface area contributed by atoms with Gasteiger partial charge in [0.05, 0.1) is 23.5 Å². The Hall–Kier alpha value is -6.21. The number of hydrogen-bond donors (Lipinski definition) is 6. The summed E-state index contributed by atoms with van der Waals surface area (Å²) in [6.45, 7) is 5.00. The van der Waals surface area contributed by atoms with Crippen LogP contribution in [0.1, 0.15) is 72.0 Å². The van der Waals surface area contributed by atoms with E-state index in [1.54, 1.807) is 25.2 Å². The van der Waals surface area contributed by atoms with Crippen molar-refractivity contribution < 1.29 is 19.2 Å². The molecule has 3 aliphatic heterocycles. The van der Waals surface area contributed by atoms with Gasteiger partial charge in [0, 0.05) is 94.7 Å². The average Bonchev–Trinajstić information content (AvgIpc) is 3.71. The average molecular weight is 858 g/mol. The number of amides is 5. The third-order valence-corrected chi connectivity index (χ3v) is 12.3. The van der Waals surface area contributed by atoms with Gasteiger partial charge in [0.1, 0.15) is 5.02 Å². The number of aromatic nitrogens is 2. The molecule has 0 bridgehead atoms. The van der Waals surface area contributed by atoms with Crippen molar-refractivity contribution in [2.24, 2.45) is 0 Å². The molecule has 4 aliphatic rings. The number of rotatable bonds is 11. The molecule has 3 aromatic carbocycles. The molecule has 1 unspecified atom stereocenters. The molecule has 1 saturated carbocycles. The van der Waals surface area contributed by atoms with Crippen LogP contribution in [-0.4, -0.2) is 101 Å². The molecule has 4 aromatic rings. The van der Waals surface area contributed by atoms with Crippen LogP contribution < -0.4 is 36.8 Å². The maximum Gasteiger partial charge on any atom is 0.317 e. The van der Waals surface area contributed by atoms with Gasteiger partial charge in [-0.25, -0.2) is 9.78 Å². The lowest BCUT2D eigenvalue weighted by Gasteiger charge is -2.37. The second kappa shape index (κ2) is 19.7. The zero-order chi connectivity index (χ0) is 43.0. The van der Waals surface area contributed by atoms with E-state index in [4.69, 9.17) is 11.6 Å². The first-order valence-corrected chi connectivity index (χ1v) is 21.8. The first kappa shape index (κ1) is 42.5. The largest absolute Gasteiger partial charge is 0.368 e. The minimum atomic E-state index is -0.259. The molecule has 4 heterocycles. The molecule has 8 rings (SSSR count). The molecule has 3 fully saturated rings. The van der Waals surface area contributed by atoms with E-state index in [0.717, 1.165) is 68.7 Å². The zero-order valence-electron chi connectivity index (χ0n) is 34.8. The molecule has 6 N–H and O–H groups in total. The number of nitrogens with one attached hydrogen (secondary N) is 6. The number of halogens is 1. The highest BCUT2D eigenvalue weighted by Crippen LogP contribution is 2.30. The van der Waals surface area contributed by atoms with Gasteiger partial charge in [-0.1, -0.05) is 41.6 Å². The van der Waals surface area contributed by atoms with Gasteiger partial charge in [-0.2, -0.15) is 4.98 Å². The monoisotopic (exact) mass is 857 g/mol. The summed E-state index contributed by atoms with van der Waals surface area (Å²) in [5.74, 6) is 6.74. The molecule has 1 aromatic heterocycles. The lowest BCUT2D eigenvalue weighted by molar-refractivity contribution is -0.137. The van der Waals surface area contributed by atoms with E-state index in [-0.39, 0.29) is 35.8 Å². The third-order valence-electron chi connectivity index (χ3n) is 12.0. The van der Waals surface area contributed by atoms with Gasteiger partial charge in [0.15, 0.2) is 5.82 Å². The summed E-state index contributed by atoms with van der Waals surface area (Å²) in [5, 5.41) is 18.8. The molecule has 15 nitrogen and oxygen atoms in total. The molecular weight excluding hydrogens is 806 g/mol. The minimum absolute atomic E-state index is 0.0139. The molecule has 62 heavy (non-hydrogen) atoms. The van der Waals surface area contributed by atoms with Gasteiger partial charge >= 0.3 is 6.03 Å². The number of piperazine rings is 1. The van der Waals surface area contributed by atoms with Crippen LogP contribution in [0.4, 0.5) is 33.6 Å². The van der Waals surface area contributed by atoms with Crippen molar-refractivity contribution in [3.05, 3.63) is 100 Å². The molecule has 16 heteroatoms. The molecule has 0 spiro atoms. The molecular formula is C46H52ClN11O4. The fourth-order valence-corrected chi connectivity index (χ4v) is 8.72. The highest BCUT2D eigenvalue weighted by molar-refractivity contribution is 6.33. The summed E-state index contributed by atoms with van der Waals surface area (Å²) in [6, 6.07) is 21.8. The number of urea groups is 1. The van der Waals surface area contributed by atoms with Crippen molar-refractivity contribution in [3.63, 3.8) is 0 Å². The number of fused-ring (bicyclic) bond motifs is 1. The maximum absolute atomic E-state index is 13.2. The van der Waals surface area contributed by atoms with Gasteiger partial charge in [-0.15, -0.1) is 0 Å². The number of imide groups is 1. The van der Waals surface area contributed by atoms with Crippen LogP contribution in [0.25, 0.3) is 0 Å². The first-order chi connectivity index (χ1) is 30.2. The van der Waals surface area contributed by atoms with Crippen molar-refractivity contribution in [2.45, 2.75) is 76.2 Å². The Balaban J connectivity index is 0.722. The molecule has 0 radical (unpaired) electrons. The van der Waals surface area contributed by atoms with Gasteiger partial charge in [-0.3, -0.25) is 24.6 Å². The van der Waals surface area contributed by atoms with Gasteiger partial charge in [0.25, 0.3) is 5.91 Å². The number of anilines is 5. The quantitative estimate of drug-likeness (QED) is 0.0659. The van der Waals surface area contributed by atoms with E-state index in [0.29, 0.717) is 73.1 Å². The SMILES string of the molecule is CNC(=O)c1ccccc1Nc1nc(Nc2ccc(N3CCN(C(=O)N[C@H]4CC[C@H](NCCC#Cc5ccc6c(c5)CN(C5CCC(=O)NC5=O)C6)CC4)CC3)cc2)ncc1Cl. The Kier molecular flexibility index (Phi) is 13.5. The van der Waals surface area contributed by atoms with Crippen molar-refractivity contribution in [1.82, 2.24) is 41.0 Å². The maximum atomic E-state index is 13.2. The predicted molar refractivity (Wildman–Crippen MR) is 240 cm³/mol. The Labute approximate surface area is 366 Å². The Morgan fingerprint density at radius 2 is 1.65 bits per heavy atom. The van der Waals surface area contributed by atoms with E-state index in [2.05, 4.69) is 81.7 Å². The number of carbonyl (C=O) groups is 4. The lowest BCUT2D eigenvalue weighted by Crippen LogP contribution is -2.54. The van der Waals surface area contributed by atoms with Crippen LogP contribution >= 0.6 is 11.6 Å². The first-order valence-electron chi connectivity index (χ1n) is 21.4. The van der Waals surface area contributed by atoms with Crippen LogP contribution in [-0.2, 0) is 22.7 Å². The van der Waals surface area contributed by atoms with Crippen LogP contribution in [0.15, 0.2) is 72.9 Å². The van der Waals surface area contributed by atoms with Crippen molar-refractivity contribution in [3.8, 4) is 11.8 Å². The summed E-state index contributed by atoms with van der Waals surface area (Å²) in [6.07, 6.45) is 7.14. The second-order valence-electron chi connectivity index (χ2n) is 16.1. The van der Waals surface area contributed by atoms with Crippen molar-refractivity contribution >= 4 is 64.2 Å². The third kappa shape index (κ3) is 10.4. The Morgan fingerprint density at radius 3 is 2.42 bits per heavy atom. The summed E-state index contributed by atoms with van der Waals surface area (Å²) in [4.78, 5) is 64.7. The van der Waals surface area contributed by atoms with E-state index in [1.807, 2.05) is 35.2 Å². The summed E-state index contributed by atoms with van der Waals surface area (Å²) in [7, 11) is 1.58. The van der Waals surface area contributed by atoms with Crippen LogP contribution in [0.2, 0.25) is 5.02 Å². The summed E-state index contributed by atoms with van der Waals surface area (Å²) < 4.78 is 0. The molecule has 1 aliphatic carbocycles. The normalized spacial score (nSPS) is 20.1. The predicted octanol–water partition coefficient (Wildman–Crippen LogP) is 5.27. The van der Waals surface area contributed by atoms with E-state index in [9.17, 15) is 19.2 Å². The standard InChI is InChI=1S/C46H52ClN11O4/c1-48-43(60)37-7-2-3-8-39(37)53-42-38(47)27-50-45(55-42)51-34-15-17-36(18-16-34)56-22-24-57(25-23-56)46(62)52-35-13-11-33(12-14-35)49-21-5-4-6-30-9-10-31-28-58(29-32(31)26-30)40-19-20-41(59)54-44(40)61/h2-3,7-10,15-18,26-27,33,35,40,49H,5,11-14,19-25,28-29H2,1H3,(H,48,60)(H,52,62)(H,54,59,61)(H2,50,51,53,55)/t33-,35-,40?. The second-order valence-corrected chi connectivity index (χ2v) is 16.6. The van der Waals surface area contributed by atoms with Crippen molar-refractivity contribution in [2.75, 3.05) is 55.3 Å². The fraction of sp³-hybridized carbons (Fsp3) is 0.391. The minimum Gasteiger partial charge on any atom is -0.368 e. The number of carbonyl (C=O) groups excluding carboxylic acids is 4. The number of para-hydroxylation sites is 1. The smallest absolute Gasteiger partial charge is 0.317 e. The molecule has 1 atom stereocenters. The van der Waals surface area contributed by atoms with E-state index < -0.39 is 0 Å². The zero-order valence-corrected chi connectivity index (χ0v) is 35.6. The molecule has 322 valence electrons. The van der Waals surface area contributed by atoms with Gasteiger partial charge in [0.2, 0.25) is 17.8 Å². The van der Waals surface area contributed by atoms with Gasteiger partial charge in [-0.05, 0) is 91.8 Å². The van der Waals surface area contributed by atoms with Crippen LogP contribution in [0, 0.1) is 11.8 Å². The highest BCUT2D eigenvalue weighted by Gasteiger charge is 2.35. The van der Waals surface area contributed by atoms with Crippen molar-refractivity contribution in [1.29, 1.82) is 0 Å². The summed E-state index contributed by atoms with van der Waals surface area (Å²) >= 11 is 6.41. The van der Waals surface area contributed by atoms with Crippen LogP contribution in [0.3, 0.4) is 0 Å². The Bertz CT molecular complexity index is 2350. The van der Waals surface area contributed by atoms with Crippen LogP contribution in [0.5, 0.6) is 0 Å². The molecule has 5 amide bonds. The topological polar surface area (TPSA) is 176 Å². The number of hydrogen-bond acceptors (Lipinski definition) is 11. The van der Waals surface area contributed by atoms with Gasteiger partial charge < -0.3 is 36.4 Å². The Morgan fingerprint density at radius 1 is 0.887 bits per heavy atom. The van der Waals surface area contributed by atoms with E-state index in [1.165, 1.54) is 17.3 Å². The number of benzene rings is 3. The number of nitrogens with zero attached hydrogens (tertiary/aromatic N) is 5. The molecule has 2 saturated heterocycles. The van der Waals surface area contributed by atoms with E-state index >= 15 is 0 Å². The number of piperidine rings is 1.